The molecule has 3 nitrogen and oxygen atoms in total. The summed E-state index contributed by atoms with van der Waals surface area (Å²) in [6.45, 7) is 0. The van der Waals surface area contributed by atoms with Gasteiger partial charge >= 0.3 is 0 Å². The minimum absolute atomic E-state index is 0. The van der Waals surface area contributed by atoms with Crippen LogP contribution < -0.4 is 10.1 Å². The van der Waals surface area contributed by atoms with Gasteiger partial charge in [-0.2, -0.15) is 0 Å². The number of Topliss-reactive ketones (excluding diaryl/α,β-unsaturated/α-hetero) is 1. The molecule has 4 heteroatoms. The van der Waals surface area contributed by atoms with Crippen LogP contribution in [0.5, 0.6) is 5.75 Å². The summed E-state index contributed by atoms with van der Waals surface area (Å²) in [6, 6.07) is 20.6. The minimum atomic E-state index is -0.104. The molecule has 0 spiro atoms. The van der Waals surface area contributed by atoms with Crippen LogP contribution in [-0.4, -0.2) is 12.9 Å². The van der Waals surface area contributed by atoms with E-state index in [0.29, 0.717) is 6.42 Å². The highest BCUT2D eigenvalue weighted by molar-refractivity contribution is 6.12. The van der Waals surface area contributed by atoms with Crippen LogP contribution in [0.2, 0.25) is 0 Å². The Balaban J connectivity index is 0.00000192. The summed E-state index contributed by atoms with van der Waals surface area (Å²) in [5, 5.41) is 6.09. The molecular formula is C24H22ClNO2. The highest BCUT2D eigenvalue weighted by Gasteiger charge is 2.34. The van der Waals surface area contributed by atoms with Crippen LogP contribution in [0.3, 0.4) is 0 Å². The quantitative estimate of drug-likeness (QED) is 0.587. The maximum atomic E-state index is 13.0. The highest BCUT2D eigenvalue weighted by Crippen LogP contribution is 2.47. The van der Waals surface area contributed by atoms with Crippen LogP contribution >= 0.6 is 12.4 Å². The standard InChI is InChI=1S/C24H21NO2.ClH/c1-27-17-12-9-16(10-13-17)24-23-19(7-4-8-21(23)26)22-18-6-3-2-5-15(18)11-14-20(22)25-24;/h2-3,5-6,9-14,24-25H,4,7-8H2,1H3;1H. The summed E-state index contributed by atoms with van der Waals surface area (Å²) in [7, 11) is 1.67. The average molecular weight is 392 g/mol. The molecular weight excluding hydrogens is 370 g/mol. The normalized spacial score (nSPS) is 18.0. The van der Waals surface area contributed by atoms with E-state index in [9.17, 15) is 4.79 Å². The number of benzene rings is 3. The third kappa shape index (κ3) is 2.87. The summed E-state index contributed by atoms with van der Waals surface area (Å²) in [6.07, 6.45) is 2.51. The van der Waals surface area contributed by atoms with E-state index in [2.05, 4.69) is 53.8 Å². The number of halogens is 1. The Hall–Kier alpha value is -2.78. The van der Waals surface area contributed by atoms with Crippen molar-refractivity contribution in [3.8, 4) is 5.75 Å². The molecule has 1 atom stereocenters. The van der Waals surface area contributed by atoms with E-state index in [-0.39, 0.29) is 24.2 Å². The summed E-state index contributed by atoms with van der Waals surface area (Å²) >= 11 is 0. The Morgan fingerprint density at radius 1 is 0.964 bits per heavy atom. The number of ether oxygens (including phenoxy) is 1. The van der Waals surface area contributed by atoms with Crippen molar-refractivity contribution in [2.75, 3.05) is 12.4 Å². The number of hydrogen-bond donors (Lipinski definition) is 1. The van der Waals surface area contributed by atoms with E-state index >= 15 is 0 Å². The number of rotatable bonds is 2. The summed E-state index contributed by atoms with van der Waals surface area (Å²) in [4.78, 5) is 13.0. The topological polar surface area (TPSA) is 38.3 Å². The lowest BCUT2D eigenvalue weighted by atomic mass is 9.77. The van der Waals surface area contributed by atoms with Crippen molar-refractivity contribution in [2.45, 2.75) is 25.3 Å². The molecule has 1 N–H and O–H groups in total. The first kappa shape index (κ1) is 18.6. The fourth-order valence-corrected chi connectivity index (χ4v) is 4.45. The first-order chi connectivity index (χ1) is 13.3. The van der Waals surface area contributed by atoms with Crippen LogP contribution in [0.15, 0.2) is 66.2 Å². The first-order valence-corrected chi connectivity index (χ1v) is 9.45. The van der Waals surface area contributed by atoms with Gasteiger partial charge in [-0.3, -0.25) is 4.79 Å². The van der Waals surface area contributed by atoms with E-state index in [1.165, 1.54) is 21.9 Å². The van der Waals surface area contributed by atoms with Crippen LogP contribution in [0, 0.1) is 0 Å². The van der Waals surface area contributed by atoms with E-state index in [0.717, 1.165) is 35.4 Å². The second-order valence-electron chi connectivity index (χ2n) is 7.23. The second-order valence-corrected chi connectivity index (χ2v) is 7.23. The first-order valence-electron chi connectivity index (χ1n) is 9.45. The van der Waals surface area contributed by atoms with E-state index < -0.39 is 0 Å². The zero-order valence-electron chi connectivity index (χ0n) is 15.7. The van der Waals surface area contributed by atoms with Gasteiger partial charge in [-0.25, -0.2) is 0 Å². The van der Waals surface area contributed by atoms with Gasteiger partial charge in [0, 0.05) is 23.2 Å². The number of nitrogens with one attached hydrogen (secondary N) is 1. The van der Waals surface area contributed by atoms with Gasteiger partial charge in [-0.05, 0) is 52.9 Å². The molecule has 28 heavy (non-hydrogen) atoms. The lowest BCUT2D eigenvalue weighted by Gasteiger charge is -2.35. The Morgan fingerprint density at radius 2 is 1.75 bits per heavy atom. The maximum Gasteiger partial charge on any atom is 0.161 e. The van der Waals surface area contributed by atoms with Crippen LogP contribution in [0.4, 0.5) is 5.69 Å². The van der Waals surface area contributed by atoms with E-state index in [4.69, 9.17) is 4.74 Å². The molecule has 3 aromatic carbocycles. The molecule has 0 bridgehead atoms. The third-order valence-electron chi connectivity index (χ3n) is 5.72. The summed E-state index contributed by atoms with van der Waals surface area (Å²) in [5.74, 6) is 1.09. The fraction of sp³-hybridized carbons (Fsp3) is 0.208. The third-order valence-corrected chi connectivity index (χ3v) is 5.72. The number of carbonyl (C=O) groups excluding carboxylic acids is 1. The zero-order valence-corrected chi connectivity index (χ0v) is 16.5. The molecule has 0 saturated heterocycles. The smallest absolute Gasteiger partial charge is 0.161 e. The molecule has 5 rings (SSSR count). The predicted molar refractivity (Wildman–Crippen MR) is 116 cm³/mol. The number of ketones is 1. The zero-order chi connectivity index (χ0) is 18.4. The van der Waals surface area contributed by atoms with Crippen LogP contribution in [0.25, 0.3) is 16.3 Å². The lowest BCUT2D eigenvalue weighted by molar-refractivity contribution is -0.116. The molecule has 0 aromatic heterocycles. The van der Waals surface area contributed by atoms with Crippen molar-refractivity contribution in [1.82, 2.24) is 0 Å². The number of methoxy groups -OCH3 is 1. The molecule has 0 saturated carbocycles. The van der Waals surface area contributed by atoms with Crippen molar-refractivity contribution in [3.63, 3.8) is 0 Å². The van der Waals surface area contributed by atoms with Gasteiger partial charge in [0.25, 0.3) is 0 Å². The molecule has 0 fully saturated rings. The van der Waals surface area contributed by atoms with Gasteiger partial charge in [-0.1, -0.05) is 42.5 Å². The van der Waals surface area contributed by atoms with Gasteiger partial charge in [0.2, 0.25) is 0 Å². The van der Waals surface area contributed by atoms with Gasteiger partial charge in [0.05, 0.1) is 13.2 Å². The SMILES string of the molecule is COc1ccc(C2Nc3ccc4ccccc4c3C3=C2C(=O)CCC3)cc1.Cl. The molecule has 0 radical (unpaired) electrons. The van der Waals surface area contributed by atoms with Gasteiger partial charge in [-0.15, -0.1) is 12.4 Å². The molecule has 3 aromatic rings. The monoisotopic (exact) mass is 391 g/mol. The molecule has 1 unspecified atom stereocenters. The number of carbonyl (C=O) groups is 1. The molecule has 1 aliphatic carbocycles. The highest BCUT2D eigenvalue weighted by atomic mass is 35.5. The van der Waals surface area contributed by atoms with Gasteiger partial charge < -0.3 is 10.1 Å². The Bertz CT molecular complexity index is 1090. The fourth-order valence-electron chi connectivity index (χ4n) is 4.45. The van der Waals surface area contributed by atoms with Gasteiger partial charge in [0.15, 0.2) is 5.78 Å². The molecule has 2 aliphatic rings. The van der Waals surface area contributed by atoms with Crippen LogP contribution in [0.1, 0.15) is 36.4 Å². The van der Waals surface area contributed by atoms with Gasteiger partial charge in [0.1, 0.15) is 5.75 Å². The van der Waals surface area contributed by atoms with Crippen molar-refractivity contribution in [2.24, 2.45) is 0 Å². The molecule has 142 valence electrons. The molecule has 0 amide bonds. The van der Waals surface area contributed by atoms with E-state index in [1.807, 2.05) is 12.1 Å². The largest absolute Gasteiger partial charge is 0.497 e. The van der Waals surface area contributed by atoms with Crippen LogP contribution in [-0.2, 0) is 4.79 Å². The molecule has 1 heterocycles. The van der Waals surface area contributed by atoms with E-state index in [1.54, 1.807) is 7.11 Å². The number of allylic oxidation sites excluding steroid dienone is 1. The Morgan fingerprint density at radius 3 is 2.54 bits per heavy atom. The number of hydrogen-bond acceptors (Lipinski definition) is 3. The Kier molecular flexibility index (Phi) is 4.86. The summed E-state index contributed by atoms with van der Waals surface area (Å²) in [5.41, 5.74) is 5.58. The average Bonchev–Trinajstić information content (AvgIpc) is 2.73. The predicted octanol–water partition coefficient (Wildman–Crippen LogP) is 5.94. The number of anilines is 1. The molecule has 1 aliphatic heterocycles. The second kappa shape index (κ2) is 7.33. The number of fused-ring (bicyclic) bond motifs is 4. The van der Waals surface area contributed by atoms with Crippen molar-refractivity contribution in [3.05, 3.63) is 77.4 Å². The minimum Gasteiger partial charge on any atom is -0.497 e. The van der Waals surface area contributed by atoms with Crippen molar-refractivity contribution in [1.29, 1.82) is 0 Å². The van der Waals surface area contributed by atoms with Crippen molar-refractivity contribution < 1.29 is 9.53 Å². The maximum absolute atomic E-state index is 13.0. The Labute approximate surface area is 170 Å². The lowest BCUT2D eigenvalue weighted by Crippen LogP contribution is -2.27. The summed E-state index contributed by atoms with van der Waals surface area (Å²) < 4.78 is 5.29. The van der Waals surface area contributed by atoms with Crippen molar-refractivity contribution >= 4 is 40.2 Å².